The van der Waals surface area contributed by atoms with Crippen molar-refractivity contribution in [2.24, 2.45) is 0 Å². The first-order valence-corrected chi connectivity index (χ1v) is 15.6. The minimum atomic E-state index is -1.23. The van der Waals surface area contributed by atoms with E-state index in [-0.39, 0.29) is 0 Å². The van der Waals surface area contributed by atoms with Crippen molar-refractivity contribution in [1.29, 1.82) is 0 Å². The summed E-state index contributed by atoms with van der Waals surface area (Å²) in [6.45, 7) is 8.81. The second-order valence-corrected chi connectivity index (χ2v) is 10.8. The fourth-order valence-corrected chi connectivity index (χ4v) is 4.77. The normalized spacial score (nSPS) is 12.5. The molecule has 0 aliphatic heterocycles. The standard InChI is InChI=1S/C30H62O6/c1-5-9-13-17-21-25-29(33-31,26-22-18-14-10-6-2)35-36-30(34-32,27-23-19-15-11-7-3)28-24-20-16-12-8-4/h31-32H,5-28H2,1-4H3. The Kier molecular flexibility index (Phi) is 24.9. The molecule has 0 fully saturated rings. The third-order valence-electron chi connectivity index (χ3n) is 7.32. The summed E-state index contributed by atoms with van der Waals surface area (Å²) in [4.78, 5) is 21.9. The Hall–Kier alpha value is -0.240. The van der Waals surface area contributed by atoms with Gasteiger partial charge in [0.15, 0.2) is 0 Å². The highest BCUT2D eigenvalue weighted by molar-refractivity contribution is 4.72. The SMILES string of the molecule is CCCCCCCC(CCCCCCC)(OO)OOC(CCCCCCC)(CCCCCCC)OO. The van der Waals surface area contributed by atoms with Gasteiger partial charge in [0.05, 0.1) is 0 Å². The Morgan fingerprint density at radius 1 is 0.361 bits per heavy atom. The average Bonchev–Trinajstić information content (AvgIpc) is 2.90. The van der Waals surface area contributed by atoms with Crippen LogP contribution in [0, 0.1) is 0 Å². The van der Waals surface area contributed by atoms with Gasteiger partial charge in [-0.15, -0.1) is 0 Å². The van der Waals surface area contributed by atoms with E-state index in [1.54, 1.807) is 0 Å². The van der Waals surface area contributed by atoms with Crippen LogP contribution in [0.2, 0.25) is 0 Å². The van der Waals surface area contributed by atoms with Crippen LogP contribution < -0.4 is 0 Å². The summed E-state index contributed by atoms with van der Waals surface area (Å²) < 4.78 is 0. The first-order valence-electron chi connectivity index (χ1n) is 15.6. The van der Waals surface area contributed by atoms with E-state index in [9.17, 15) is 10.5 Å². The van der Waals surface area contributed by atoms with E-state index in [4.69, 9.17) is 19.6 Å². The van der Waals surface area contributed by atoms with Gasteiger partial charge in [0.25, 0.3) is 0 Å². The summed E-state index contributed by atoms with van der Waals surface area (Å²) in [7, 11) is 0. The maximum atomic E-state index is 9.99. The summed E-state index contributed by atoms with van der Waals surface area (Å²) in [5.74, 6) is -2.46. The first-order chi connectivity index (χ1) is 17.6. The van der Waals surface area contributed by atoms with E-state index in [0.29, 0.717) is 25.7 Å². The smallest absolute Gasteiger partial charge is 0.233 e. The van der Waals surface area contributed by atoms with Crippen LogP contribution >= 0.6 is 0 Å². The fraction of sp³-hybridized carbons (Fsp3) is 1.00. The van der Waals surface area contributed by atoms with Gasteiger partial charge in [-0.05, 0) is 25.7 Å². The van der Waals surface area contributed by atoms with Crippen LogP contribution in [0.4, 0.5) is 0 Å². The third-order valence-corrected chi connectivity index (χ3v) is 7.32. The van der Waals surface area contributed by atoms with Gasteiger partial charge in [0.2, 0.25) is 11.6 Å². The molecule has 0 radical (unpaired) electrons. The minimum absolute atomic E-state index is 0.551. The van der Waals surface area contributed by atoms with Crippen LogP contribution in [0.3, 0.4) is 0 Å². The molecular weight excluding hydrogens is 456 g/mol. The zero-order valence-electron chi connectivity index (χ0n) is 24.5. The molecule has 0 heterocycles. The summed E-state index contributed by atoms with van der Waals surface area (Å²) >= 11 is 0. The van der Waals surface area contributed by atoms with Gasteiger partial charge >= 0.3 is 0 Å². The lowest BCUT2D eigenvalue weighted by atomic mass is 9.99. The monoisotopic (exact) mass is 518 g/mol. The predicted molar refractivity (Wildman–Crippen MR) is 149 cm³/mol. The molecule has 0 rings (SSSR count). The molecule has 0 aliphatic carbocycles. The molecule has 0 saturated carbocycles. The van der Waals surface area contributed by atoms with E-state index in [0.717, 1.165) is 77.0 Å². The third kappa shape index (κ3) is 18.1. The molecule has 6 nitrogen and oxygen atoms in total. The van der Waals surface area contributed by atoms with Gasteiger partial charge in [0, 0.05) is 25.7 Å². The zero-order valence-corrected chi connectivity index (χ0v) is 24.5. The number of rotatable bonds is 29. The Labute approximate surface area is 223 Å². The first kappa shape index (κ1) is 35.8. The van der Waals surface area contributed by atoms with Crippen molar-refractivity contribution in [3.8, 4) is 0 Å². The van der Waals surface area contributed by atoms with Crippen molar-refractivity contribution in [2.75, 3.05) is 0 Å². The maximum absolute atomic E-state index is 9.99. The molecule has 0 aromatic heterocycles. The molecule has 36 heavy (non-hydrogen) atoms. The Morgan fingerprint density at radius 3 is 0.778 bits per heavy atom. The lowest BCUT2D eigenvalue weighted by Gasteiger charge is -2.35. The van der Waals surface area contributed by atoms with Crippen molar-refractivity contribution in [3.63, 3.8) is 0 Å². The molecule has 0 unspecified atom stereocenters. The molecule has 2 N–H and O–H groups in total. The number of unbranched alkanes of at least 4 members (excludes halogenated alkanes) is 16. The molecule has 218 valence electrons. The number of hydrogen-bond donors (Lipinski definition) is 2. The van der Waals surface area contributed by atoms with Crippen LogP contribution in [-0.4, -0.2) is 22.1 Å². The fourth-order valence-electron chi connectivity index (χ4n) is 4.77. The highest BCUT2D eigenvalue weighted by Crippen LogP contribution is 2.34. The van der Waals surface area contributed by atoms with Gasteiger partial charge in [-0.2, -0.15) is 9.78 Å². The van der Waals surface area contributed by atoms with Crippen LogP contribution in [0.5, 0.6) is 0 Å². The topological polar surface area (TPSA) is 77.4 Å². The highest BCUT2D eigenvalue weighted by atomic mass is 17.3. The van der Waals surface area contributed by atoms with Crippen LogP contribution in [0.25, 0.3) is 0 Å². The quantitative estimate of drug-likeness (QED) is 0.0444. The van der Waals surface area contributed by atoms with Crippen molar-refractivity contribution in [2.45, 2.75) is 193 Å². The molecule has 0 bridgehead atoms. The van der Waals surface area contributed by atoms with Gasteiger partial charge in [0.1, 0.15) is 0 Å². The molecule has 0 amide bonds. The maximum Gasteiger partial charge on any atom is 0.233 e. The van der Waals surface area contributed by atoms with E-state index >= 15 is 0 Å². The molecule has 0 atom stereocenters. The minimum Gasteiger partial charge on any atom is -0.249 e. The predicted octanol–water partition coefficient (Wildman–Crippen LogP) is 10.7. The average molecular weight is 519 g/mol. The van der Waals surface area contributed by atoms with Gasteiger partial charge in [-0.1, -0.05) is 130 Å². The second kappa shape index (κ2) is 25.1. The molecular formula is C30H62O6. The van der Waals surface area contributed by atoms with E-state index < -0.39 is 11.6 Å². The summed E-state index contributed by atoms with van der Waals surface area (Å²) in [5, 5.41) is 20.0. The zero-order chi connectivity index (χ0) is 26.8. The molecule has 0 aromatic carbocycles. The lowest BCUT2D eigenvalue weighted by Crippen LogP contribution is -2.42. The molecule has 0 spiro atoms. The van der Waals surface area contributed by atoms with Crippen molar-refractivity contribution >= 4 is 0 Å². The van der Waals surface area contributed by atoms with Crippen LogP contribution in [0.1, 0.15) is 182 Å². The molecule has 0 aliphatic rings. The molecule has 0 saturated heterocycles. The largest absolute Gasteiger partial charge is 0.249 e. The van der Waals surface area contributed by atoms with E-state index in [2.05, 4.69) is 27.7 Å². The highest BCUT2D eigenvalue weighted by Gasteiger charge is 2.40. The Morgan fingerprint density at radius 2 is 0.583 bits per heavy atom. The van der Waals surface area contributed by atoms with Crippen LogP contribution in [-0.2, 0) is 19.6 Å². The second-order valence-electron chi connectivity index (χ2n) is 10.8. The van der Waals surface area contributed by atoms with Gasteiger partial charge < -0.3 is 0 Å². The summed E-state index contributed by atoms with van der Waals surface area (Å²) in [6.07, 6.45) is 24.2. The van der Waals surface area contributed by atoms with Gasteiger partial charge in [-0.3, -0.25) is 0 Å². The van der Waals surface area contributed by atoms with E-state index in [1.165, 1.54) is 51.4 Å². The Bertz CT molecular complexity index is 377. The summed E-state index contributed by atoms with van der Waals surface area (Å²) in [6, 6.07) is 0. The van der Waals surface area contributed by atoms with Crippen molar-refractivity contribution in [1.82, 2.24) is 0 Å². The van der Waals surface area contributed by atoms with Crippen LogP contribution in [0.15, 0.2) is 0 Å². The summed E-state index contributed by atoms with van der Waals surface area (Å²) in [5.41, 5.74) is 0. The van der Waals surface area contributed by atoms with Crippen molar-refractivity contribution in [3.05, 3.63) is 0 Å². The Balaban J connectivity index is 5.23. The van der Waals surface area contributed by atoms with Crippen molar-refractivity contribution < 1.29 is 30.1 Å². The van der Waals surface area contributed by atoms with Gasteiger partial charge in [-0.25, -0.2) is 20.3 Å². The number of hydrogen-bond acceptors (Lipinski definition) is 6. The van der Waals surface area contributed by atoms with E-state index in [1.807, 2.05) is 0 Å². The lowest BCUT2D eigenvalue weighted by molar-refractivity contribution is -0.575. The molecule has 6 heteroatoms. The molecule has 0 aromatic rings.